The third-order valence-corrected chi connectivity index (χ3v) is 3.48. The molecule has 0 fully saturated rings. The van der Waals surface area contributed by atoms with Gasteiger partial charge in [-0.2, -0.15) is 0 Å². The Hall–Kier alpha value is -1.46. The largest absolute Gasteiger partial charge is 0.497 e. The van der Waals surface area contributed by atoms with Gasteiger partial charge in [0.2, 0.25) is 0 Å². The molecule has 2 rings (SSSR count). The van der Waals surface area contributed by atoms with Crippen molar-refractivity contribution in [3.05, 3.63) is 39.8 Å². The minimum atomic E-state index is 0.472. The van der Waals surface area contributed by atoms with E-state index in [9.17, 15) is 0 Å². The lowest BCUT2D eigenvalue weighted by Gasteiger charge is -2.01. The zero-order valence-electron chi connectivity index (χ0n) is 9.72. The molecule has 4 nitrogen and oxygen atoms in total. The normalized spacial score (nSPS) is 10.5. The van der Waals surface area contributed by atoms with E-state index in [4.69, 9.17) is 10.5 Å². The van der Waals surface area contributed by atoms with E-state index in [1.165, 1.54) is 5.56 Å². The van der Waals surface area contributed by atoms with Gasteiger partial charge in [-0.05, 0) is 24.1 Å². The Morgan fingerprint density at radius 2 is 1.82 bits per heavy atom. The van der Waals surface area contributed by atoms with Crippen LogP contribution in [0.1, 0.15) is 15.6 Å². The van der Waals surface area contributed by atoms with Gasteiger partial charge in [0, 0.05) is 13.0 Å². The number of rotatable bonds is 5. The molecule has 17 heavy (non-hydrogen) atoms. The van der Waals surface area contributed by atoms with E-state index in [-0.39, 0.29) is 0 Å². The van der Waals surface area contributed by atoms with E-state index in [1.807, 2.05) is 12.1 Å². The number of hydrogen-bond acceptors (Lipinski definition) is 5. The van der Waals surface area contributed by atoms with E-state index >= 15 is 0 Å². The van der Waals surface area contributed by atoms with Gasteiger partial charge in [0.05, 0.1) is 7.11 Å². The molecule has 1 aromatic carbocycles. The molecule has 1 heterocycles. The SMILES string of the molecule is COc1ccc(CCc2nnc(CN)s2)cc1. The number of hydrogen-bond donors (Lipinski definition) is 1. The summed E-state index contributed by atoms with van der Waals surface area (Å²) in [7, 11) is 1.67. The van der Waals surface area contributed by atoms with Crippen LogP contribution in [-0.2, 0) is 19.4 Å². The topological polar surface area (TPSA) is 61.0 Å². The van der Waals surface area contributed by atoms with Crippen LogP contribution >= 0.6 is 11.3 Å². The number of aryl methyl sites for hydroxylation is 2. The second kappa shape index (κ2) is 5.75. The summed E-state index contributed by atoms with van der Waals surface area (Å²) in [6.07, 6.45) is 1.87. The van der Waals surface area contributed by atoms with E-state index in [2.05, 4.69) is 22.3 Å². The predicted molar refractivity (Wildman–Crippen MR) is 68.2 cm³/mol. The van der Waals surface area contributed by atoms with Crippen LogP contribution in [0.3, 0.4) is 0 Å². The molecule has 90 valence electrons. The van der Waals surface area contributed by atoms with E-state index in [0.717, 1.165) is 28.6 Å². The average Bonchev–Trinajstić information content (AvgIpc) is 2.85. The van der Waals surface area contributed by atoms with Crippen LogP contribution in [0.5, 0.6) is 5.75 Å². The lowest BCUT2D eigenvalue weighted by atomic mass is 10.1. The highest BCUT2D eigenvalue weighted by Crippen LogP contribution is 2.15. The summed E-state index contributed by atoms with van der Waals surface area (Å²) >= 11 is 1.59. The Labute approximate surface area is 104 Å². The fraction of sp³-hybridized carbons (Fsp3) is 0.333. The van der Waals surface area contributed by atoms with Crippen molar-refractivity contribution in [2.45, 2.75) is 19.4 Å². The lowest BCUT2D eigenvalue weighted by Crippen LogP contribution is -1.94. The Morgan fingerprint density at radius 3 is 2.41 bits per heavy atom. The van der Waals surface area contributed by atoms with Crippen LogP contribution in [0.15, 0.2) is 24.3 Å². The van der Waals surface area contributed by atoms with E-state index < -0.39 is 0 Å². The molecule has 0 radical (unpaired) electrons. The van der Waals surface area contributed by atoms with Crippen molar-refractivity contribution in [2.24, 2.45) is 5.73 Å². The molecular formula is C12H15N3OS. The van der Waals surface area contributed by atoms with Crippen molar-refractivity contribution in [1.29, 1.82) is 0 Å². The van der Waals surface area contributed by atoms with Crippen LogP contribution in [0.2, 0.25) is 0 Å². The Morgan fingerprint density at radius 1 is 1.12 bits per heavy atom. The maximum absolute atomic E-state index is 5.50. The molecule has 0 saturated carbocycles. The van der Waals surface area contributed by atoms with Gasteiger partial charge in [0.25, 0.3) is 0 Å². The maximum atomic E-state index is 5.50. The minimum Gasteiger partial charge on any atom is -0.497 e. The zero-order chi connectivity index (χ0) is 12.1. The average molecular weight is 249 g/mol. The molecule has 0 unspecified atom stereocenters. The molecule has 0 aliphatic heterocycles. The molecule has 0 aliphatic rings. The molecule has 2 N–H and O–H groups in total. The maximum Gasteiger partial charge on any atom is 0.131 e. The minimum absolute atomic E-state index is 0.472. The van der Waals surface area contributed by atoms with Crippen LogP contribution in [-0.4, -0.2) is 17.3 Å². The van der Waals surface area contributed by atoms with Gasteiger partial charge >= 0.3 is 0 Å². The van der Waals surface area contributed by atoms with Gasteiger partial charge in [-0.3, -0.25) is 0 Å². The molecule has 5 heteroatoms. The number of ether oxygens (including phenoxy) is 1. The highest BCUT2D eigenvalue weighted by atomic mass is 32.1. The summed E-state index contributed by atoms with van der Waals surface area (Å²) in [6.45, 7) is 0.472. The molecular weight excluding hydrogens is 234 g/mol. The molecule has 0 spiro atoms. The van der Waals surface area contributed by atoms with Gasteiger partial charge in [-0.1, -0.05) is 12.1 Å². The fourth-order valence-corrected chi connectivity index (χ4v) is 2.24. The highest BCUT2D eigenvalue weighted by Gasteiger charge is 2.03. The zero-order valence-corrected chi connectivity index (χ0v) is 10.5. The second-order valence-electron chi connectivity index (χ2n) is 3.64. The highest BCUT2D eigenvalue weighted by molar-refractivity contribution is 7.11. The standard InChI is InChI=1S/C12H15N3OS/c1-16-10-5-2-9(3-6-10)4-7-11-14-15-12(8-13)17-11/h2-3,5-6H,4,7-8,13H2,1H3. The number of benzene rings is 1. The Kier molecular flexibility index (Phi) is 4.06. The van der Waals surface area contributed by atoms with Gasteiger partial charge in [0.15, 0.2) is 0 Å². The summed E-state index contributed by atoms with van der Waals surface area (Å²) in [5.74, 6) is 0.884. The predicted octanol–water partition coefficient (Wildman–Crippen LogP) is 1.79. The third-order valence-electron chi connectivity index (χ3n) is 2.47. The Balaban J connectivity index is 1.92. The first-order valence-corrected chi connectivity index (χ1v) is 6.27. The van der Waals surface area contributed by atoms with Crippen molar-refractivity contribution in [3.63, 3.8) is 0 Å². The van der Waals surface area contributed by atoms with Crippen molar-refractivity contribution < 1.29 is 4.74 Å². The number of nitrogens with two attached hydrogens (primary N) is 1. The molecule has 2 aromatic rings. The van der Waals surface area contributed by atoms with Crippen LogP contribution in [0.25, 0.3) is 0 Å². The summed E-state index contributed by atoms with van der Waals surface area (Å²) in [6, 6.07) is 8.09. The van der Waals surface area contributed by atoms with Gasteiger partial charge in [-0.15, -0.1) is 21.5 Å². The smallest absolute Gasteiger partial charge is 0.131 e. The lowest BCUT2D eigenvalue weighted by molar-refractivity contribution is 0.414. The first kappa shape index (κ1) is 12.0. The molecule has 0 saturated heterocycles. The molecule has 1 aromatic heterocycles. The number of aromatic nitrogens is 2. The van der Waals surface area contributed by atoms with Crippen LogP contribution < -0.4 is 10.5 Å². The number of nitrogens with zero attached hydrogens (tertiary/aromatic N) is 2. The van der Waals surface area contributed by atoms with Gasteiger partial charge in [0.1, 0.15) is 15.8 Å². The molecule has 0 aliphatic carbocycles. The summed E-state index contributed by atoms with van der Waals surface area (Å²) in [5, 5.41) is 10.0. The first-order valence-electron chi connectivity index (χ1n) is 5.46. The van der Waals surface area contributed by atoms with Crippen molar-refractivity contribution >= 4 is 11.3 Å². The summed E-state index contributed by atoms with van der Waals surface area (Å²) in [4.78, 5) is 0. The van der Waals surface area contributed by atoms with Gasteiger partial charge < -0.3 is 10.5 Å². The van der Waals surface area contributed by atoms with Crippen LogP contribution in [0.4, 0.5) is 0 Å². The third kappa shape index (κ3) is 3.25. The molecule has 0 amide bonds. The molecule has 0 atom stereocenters. The van der Waals surface area contributed by atoms with E-state index in [1.54, 1.807) is 18.4 Å². The van der Waals surface area contributed by atoms with Crippen molar-refractivity contribution in [1.82, 2.24) is 10.2 Å². The van der Waals surface area contributed by atoms with Crippen molar-refractivity contribution in [2.75, 3.05) is 7.11 Å². The Bertz CT molecular complexity index is 467. The fourth-order valence-electron chi connectivity index (χ4n) is 1.52. The van der Waals surface area contributed by atoms with Crippen molar-refractivity contribution in [3.8, 4) is 5.75 Å². The van der Waals surface area contributed by atoms with Gasteiger partial charge in [-0.25, -0.2) is 0 Å². The first-order chi connectivity index (χ1) is 8.31. The number of methoxy groups -OCH3 is 1. The van der Waals surface area contributed by atoms with E-state index in [0.29, 0.717) is 6.54 Å². The monoisotopic (exact) mass is 249 g/mol. The molecule has 0 bridgehead atoms. The summed E-state index contributed by atoms with van der Waals surface area (Å²) < 4.78 is 5.12. The quantitative estimate of drug-likeness (QED) is 0.877. The second-order valence-corrected chi connectivity index (χ2v) is 4.79. The summed E-state index contributed by atoms with van der Waals surface area (Å²) in [5.41, 5.74) is 6.77. The van der Waals surface area contributed by atoms with Crippen LogP contribution in [0, 0.1) is 0 Å².